The topological polar surface area (TPSA) is 77.1 Å². The zero-order valence-electron chi connectivity index (χ0n) is 16.7. The summed E-state index contributed by atoms with van der Waals surface area (Å²) in [5, 5.41) is 3.85. The number of aromatic nitrogens is 2. The summed E-state index contributed by atoms with van der Waals surface area (Å²) >= 11 is 7.32. The average Bonchev–Trinajstić information content (AvgIpc) is 3.28. The van der Waals surface area contributed by atoms with E-state index in [1.54, 1.807) is 43.5 Å². The molecule has 2 aromatic heterocycles. The summed E-state index contributed by atoms with van der Waals surface area (Å²) in [6.07, 6.45) is 1.56. The van der Waals surface area contributed by atoms with Gasteiger partial charge in [0.2, 0.25) is 5.91 Å². The summed E-state index contributed by atoms with van der Waals surface area (Å²) in [5.41, 5.74) is 1.30. The Morgan fingerprint density at radius 2 is 2.00 bits per heavy atom. The van der Waals surface area contributed by atoms with Crippen LogP contribution >= 0.6 is 23.4 Å². The van der Waals surface area contributed by atoms with Gasteiger partial charge in [0, 0.05) is 11.6 Å². The lowest BCUT2D eigenvalue weighted by molar-refractivity contribution is -0.120. The van der Waals surface area contributed by atoms with Gasteiger partial charge in [-0.3, -0.25) is 14.2 Å². The van der Waals surface area contributed by atoms with Crippen molar-refractivity contribution in [2.75, 3.05) is 0 Å². The molecule has 0 fully saturated rings. The normalized spacial score (nSPS) is 12.1. The van der Waals surface area contributed by atoms with Crippen molar-refractivity contribution < 1.29 is 9.21 Å². The van der Waals surface area contributed by atoms with Gasteiger partial charge in [0.1, 0.15) is 5.76 Å². The van der Waals surface area contributed by atoms with E-state index >= 15 is 0 Å². The number of hydrogen-bond donors (Lipinski definition) is 1. The lowest BCUT2D eigenvalue weighted by Crippen LogP contribution is -2.31. The molecule has 4 rings (SSSR count). The molecule has 0 saturated heterocycles. The Labute approximate surface area is 188 Å². The highest BCUT2D eigenvalue weighted by Gasteiger charge is 2.20. The first-order valence-corrected chi connectivity index (χ1v) is 11.0. The number of nitrogens with zero attached hydrogens (tertiary/aromatic N) is 2. The van der Waals surface area contributed by atoms with E-state index in [1.165, 1.54) is 16.3 Å². The highest BCUT2D eigenvalue weighted by atomic mass is 35.5. The number of amides is 1. The van der Waals surface area contributed by atoms with Crippen LogP contribution in [0.5, 0.6) is 0 Å². The van der Waals surface area contributed by atoms with Crippen molar-refractivity contribution in [1.29, 1.82) is 0 Å². The number of halogens is 1. The molecule has 1 atom stereocenters. The number of fused-ring (bicyclic) bond motifs is 1. The fourth-order valence-electron chi connectivity index (χ4n) is 3.10. The second-order valence-electron chi connectivity index (χ2n) is 6.99. The van der Waals surface area contributed by atoms with Crippen LogP contribution in [0.3, 0.4) is 0 Å². The molecular formula is C23H20ClN3O3S. The van der Waals surface area contributed by atoms with Gasteiger partial charge < -0.3 is 9.73 Å². The van der Waals surface area contributed by atoms with Gasteiger partial charge in [-0.1, -0.05) is 53.7 Å². The Morgan fingerprint density at radius 3 is 2.74 bits per heavy atom. The highest BCUT2D eigenvalue weighted by Crippen LogP contribution is 2.25. The van der Waals surface area contributed by atoms with E-state index in [0.717, 1.165) is 5.56 Å². The molecule has 0 aliphatic carbocycles. The molecule has 0 spiro atoms. The molecule has 31 heavy (non-hydrogen) atoms. The van der Waals surface area contributed by atoms with Gasteiger partial charge >= 0.3 is 0 Å². The van der Waals surface area contributed by atoms with E-state index in [0.29, 0.717) is 33.4 Å². The summed E-state index contributed by atoms with van der Waals surface area (Å²) < 4.78 is 6.95. The molecule has 2 aromatic carbocycles. The number of carbonyl (C=O) groups is 1. The van der Waals surface area contributed by atoms with Crippen LogP contribution in [0, 0.1) is 0 Å². The van der Waals surface area contributed by atoms with Crippen LogP contribution in [0.4, 0.5) is 0 Å². The Bertz CT molecular complexity index is 1260. The van der Waals surface area contributed by atoms with Gasteiger partial charge in [-0.15, -0.1) is 0 Å². The van der Waals surface area contributed by atoms with Crippen molar-refractivity contribution in [2.45, 2.75) is 30.4 Å². The van der Waals surface area contributed by atoms with Gasteiger partial charge in [0.05, 0.1) is 29.0 Å². The minimum Gasteiger partial charge on any atom is -0.467 e. The number of hydrogen-bond acceptors (Lipinski definition) is 5. The first kappa shape index (κ1) is 21.2. The largest absolute Gasteiger partial charge is 0.467 e. The second kappa shape index (κ2) is 9.41. The van der Waals surface area contributed by atoms with E-state index < -0.39 is 5.25 Å². The summed E-state index contributed by atoms with van der Waals surface area (Å²) in [6, 6.07) is 18.2. The third-order valence-electron chi connectivity index (χ3n) is 4.74. The van der Waals surface area contributed by atoms with Crippen LogP contribution in [0.15, 0.2) is 81.3 Å². The van der Waals surface area contributed by atoms with Crippen molar-refractivity contribution in [2.24, 2.45) is 0 Å². The molecule has 2 heterocycles. The van der Waals surface area contributed by atoms with Crippen LogP contribution < -0.4 is 10.9 Å². The van der Waals surface area contributed by atoms with E-state index in [9.17, 15) is 9.59 Å². The maximum atomic E-state index is 13.2. The first-order chi connectivity index (χ1) is 15.0. The molecular weight excluding hydrogens is 434 g/mol. The van der Waals surface area contributed by atoms with Gasteiger partial charge in [-0.05, 0) is 42.8 Å². The SMILES string of the molecule is C[C@H](Sc1nc2cc(Cl)ccc2c(=O)n1Cc1ccco1)C(=O)NCc1ccccc1. The molecule has 158 valence electrons. The lowest BCUT2D eigenvalue weighted by atomic mass is 10.2. The fourth-order valence-corrected chi connectivity index (χ4v) is 4.20. The van der Waals surface area contributed by atoms with Crippen molar-refractivity contribution in [3.63, 3.8) is 0 Å². The van der Waals surface area contributed by atoms with Crippen molar-refractivity contribution >= 4 is 40.2 Å². The van der Waals surface area contributed by atoms with E-state index in [1.807, 2.05) is 30.3 Å². The molecule has 8 heteroatoms. The zero-order valence-corrected chi connectivity index (χ0v) is 18.3. The quantitative estimate of drug-likeness (QED) is 0.329. The van der Waals surface area contributed by atoms with E-state index in [2.05, 4.69) is 10.3 Å². The van der Waals surface area contributed by atoms with Crippen molar-refractivity contribution in [3.05, 3.63) is 93.6 Å². The molecule has 1 amide bonds. The number of rotatable bonds is 7. The monoisotopic (exact) mass is 453 g/mol. The molecule has 1 N–H and O–H groups in total. The predicted octanol–water partition coefficient (Wildman–Crippen LogP) is 4.49. The van der Waals surface area contributed by atoms with E-state index in [4.69, 9.17) is 16.0 Å². The number of nitrogens with one attached hydrogen (secondary N) is 1. The lowest BCUT2D eigenvalue weighted by Gasteiger charge is -2.16. The third-order valence-corrected chi connectivity index (χ3v) is 6.06. The maximum absolute atomic E-state index is 13.2. The summed E-state index contributed by atoms with van der Waals surface area (Å²) in [7, 11) is 0. The second-order valence-corrected chi connectivity index (χ2v) is 8.73. The summed E-state index contributed by atoms with van der Waals surface area (Å²) in [6.45, 7) is 2.44. The van der Waals surface area contributed by atoms with E-state index in [-0.39, 0.29) is 18.0 Å². The van der Waals surface area contributed by atoms with Gasteiger partial charge in [0.15, 0.2) is 5.16 Å². The minimum atomic E-state index is -0.463. The Balaban J connectivity index is 1.61. The third kappa shape index (κ3) is 5.00. The molecule has 0 bridgehead atoms. The number of furan rings is 1. The number of thioether (sulfide) groups is 1. The fraction of sp³-hybridized carbons (Fsp3) is 0.174. The molecule has 0 aliphatic rings. The minimum absolute atomic E-state index is 0.140. The Kier molecular flexibility index (Phi) is 6.44. The zero-order chi connectivity index (χ0) is 21.8. The standard InChI is InChI=1S/C23H20ClN3O3S/c1-15(21(28)25-13-16-6-3-2-4-7-16)31-23-26-20-12-17(24)9-10-19(20)22(29)27(23)14-18-8-5-11-30-18/h2-12,15H,13-14H2,1H3,(H,25,28)/t15-/m0/s1. The maximum Gasteiger partial charge on any atom is 0.262 e. The first-order valence-electron chi connectivity index (χ1n) is 9.72. The van der Waals surface area contributed by atoms with Crippen molar-refractivity contribution in [3.8, 4) is 0 Å². The molecule has 4 aromatic rings. The van der Waals surface area contributed by atoms with Crippen LogP contribution in [-0.4, -0.2) is 20.7 Å². The van der Waals surface area contributed by atoms with Crippen molar-refractivity contribution in [1.82, 2.24) is 14.9 Å². The Hall–Kier alpha value is -3.03. The van der Waals surface area contributed by atoms with Crippen LogP contribution in [0.1, 0.15) is 18.2 Å². The molecule has 0 radical (unpaired) electrons. The Morgan fingerprint density at radius 1 is 1.19 bits per heavy atom. The van der Waals surface area contributed by atoms with Crippen LogP contribution in [-0.2, 0) is 17.9 Å². The number of carbonyl (C=O) groups excluding carboxylic acids is 1. The number of benzene rings is 2. The summed E-state index contributed by atoms with van der Waals surface area (Å²) in [4.78, 5) is 30.5. The van der Waals surface area contributed by atoms with Gasteiger partial charge in [0.25, 0.3) is 5.56 Å². The molecule has 0 aliphatic heterocycles. The van der Waals surface area contributed by atoms with Gasteiger partial charge in [-0.25, -0.2) is 4.98 Å². The molecule has 0 saturated carbocycles. The smallest absolute Gasteiger partial charge is 0.262 e. The average molecular weight is 454 g/mol. The molecule has 0 unspecified atom stereocenters. The van der Waals surface area contributed by atoms with Gasteiger partial charge in [-0.2, -0.15) is 0 Å². The summed E-state index contributed by atoms with van der Waals surface area (Å²) in [5.74, 6) is 0.485. The highest BCUT2D eigenvalue weighted by molar-refractivity contribution is 8.00. The molecule has 6 nitrogen and oxygen atoms in total. The van der Waals surface area contributed by atoms with Crippen LogP contribution in [0.25, 0.3) is 10.9 Å². The van der Waals surface area contributed by atoms with Crippen LogP contribution in [0.2, 0.25) is 5.02 Å². The predicted molar refractivity (Wildman–Crippen MR) is 122 cm³/mol.